The topological polar surface area (TPSA) is 59.4 Å². The Morgan fingerprint density at radius 3 is 2.16 bits per heavy atom. The van der Waals surface area contributed by atoms with Crippen molar-refractivity contribution in [2.45, 2.75) is 114 Å². The van der Waals surface area contributed by atoms with Gasteiger partial charge in [0.05, 0.1) is 19.3 Å². The van der Waals surface area contributed by atoms with Crippen molar-refractivity contribution in [1.29, 1.82) is 0 Å². The van der Waals surface area contributed by atoms with E-state index in [9.17, 15) is 23.1 Å². The number of hydrogen-bond donors (Lipinski definition) is 1. The van der Waals surface area contributed by atoms with Gasteiger partial charge in [0.15, 0.2) is 5.78 Å². The van der Waals surface area contributed by atoms with Gasteiger partial charge < -0.3 is 9.84 Å². The van der Waals surface area contributed by atoms with Gasteiger partial charge in [-0.25, -0.2) is 0 Å². The zero-order valence-corrected chi connectivity index (χ0v) is 34.0. The number of aromatic nitrogens is 1. The summed E-state index contributed by atoms with van der Waals surface area (Å²) < 4.78 is 51.9. The summed E-state index contributed by atoms with van der Waals surface area (Å²) in [5.74, 6) is -0.304. The Morgan fingerprint density at radius 2 is 1.59 bits per heavy atom. The number of carbonyl (C=O) groups excluding carboxylic acids is 1. The number of fused-ring (bicyclic) bond motifs is 3. The summed E-state index contributed by atoms with van der Waals surface area (Å²) in [5, 5.41) is 13.9. The zero-order chi connectivity index (χ0) is 38.1. The molecule has 5 rings (SSSR count). The van der Waals surface area contributed by atoms with Crippen LogP contribution in [0.15, 0.2) is 54.4 Å². The molecule has 279 valence electrons. The molecule has 1 N–H and O–H groups in total. The van der Waals surface area contributed by atoms with Gasteiger partial charge in [0.25, 0.3) is 0 Å². The van der Waals surface area contributed by atoms with Gasteiger partial charge in [-0.1, -0.05) is 103 Å². The van der Waals surface area contributed by atoms with E-state index < -0.39 is 24.3 Å². The quantitative estimate of drug-likeness (QED) is 0.0910. The molecular formula is C43H53F3IrNO3-. The fraction of sp³-hybridized carbons (Fsp3) is 0.488. The van der Waals surface area contributed by atoms with E-state index in [4.69, 9.17) is 11.1 Å². The first-order valence-electron chi connectivity index (χ1n) is 18.2. The predicted octanol–water partition coefficient (Wildman–Crippen LogP) is 12.9. The number of hydrogen-bond acceptors (Lipinski definition) is 4. The number of nitrogens with zero attached hydrogens (tertiary/aromatic N) is 1. The third-order valence-corrected chi connectivity index (χ3v) is 9.04. The number of halogens is 3. The molecule has 1 aromatic heterocycles. The SMILES string of the molecule is CCC(CC)C(=O)/C=C(\O)C(CC)CC(F)(F)F.[2H]c1cc2cc(CC(C)(C)C)cc3c2c(n1)-c1[c-]c2cc(C)ccc2c(CC(C)(C)C)c1O3.[Ir]. The summed E-state index contributed by atoms with van der Waals surface area (Å²) in [6, 6.07) is 16.4. The van der Waals surface area contributed by atoms with Gasteiger partial charge in [0, 0.05) is 55.3 Å². The first kappa shape index (κ1) is 40.5. The van der Waals surface area contributed by atoms with Crippen molar-refractivity contribution in [1.82, 2.24) is 4.98 Å². The fourth-order valence-corrected chi connectivity index (χ4v) is 6.66. The molecule has 1 radical (unpaired) electrons. The third-order valence-electron chi connectivity index (χ3n) is 9.04. The number of ketones is 1. The third kappa shape index (κ3) is 10.9. The Balaban J connectivity index is 0.000000330. The van der Waals surface area contributed by atoms with Crippen LogP contribution in [-0.4, -0.2) is 22.1 Å². The van der Waals surface area contributed by atoms with Crippen LogP contribution in [0.3, 0.4) is 0 Å². The molecule has 0 spiro atoms. The zero-order valence-electron chi connectivity index (χ0n) is 32.6. The van der Waals surface area contributed by atoms with Crippen LogP contribution in [0.2, 0.25) is 0 Å². The molecule has 8 heteroatoms. The van der Waals surface area contributed by atoms with Crippen LogP contribution in [0.25, 0.3) is 32.8 Å². The van der Waals surface area contributed by atoms with Gasteiger partial charge in [-0.15, -0.1) is 17.5 Å². The second kappa shape index (κ2) is 16.6. The summed E-state index contributed by atoms with van der Waals surface area (Å²) in [6.45, 7) is 20.9. The number of pyridine rings is 1. The molecule has 3 aromatic carbocycles. The monoisotopic (exact) mass is 882 g/mol. The number of aryl methyl sites for hydroxylation is 1. The number of carbonyl (C=O) groups is 1. The van der Waals surface area contributed by atoms with E-state index in [1.54, 1.807) is 6.92 Å². The van der Waals surface area contributed by atoms with E-state index in [0.717, 1.165) is 57.8 Å². The number of aliphatic hydroxyl groups is 1. The second-order valence-electron chi connectivity index (χ2n) is 16.1. The molecule has 1 aliphatic heterocycles. The van der Waals surface area contributed by atoms with E-state index in [1.807, 2.05) is 19.9 Å². The molecule has 0 amide bonds. The summed E-state index contributed by atoms with van der Waals surface area (Å²) in [7, 11) is 0. The van der Waals surface area contributed by atoms with Gasteiger partial charge in [0.1, 0.15) is 5.75 Å². The average molecular weight is 882 g/mol. The molecule has 2 heterocycles. The van der Waals surface area contributed by atoms with Crippen molar-refractivity contribution in [3.63, 3.8) is 0 Å². The van der Waals surface area contributed by atoms with Gasteiger partial charge >= 0.3 is 6.18 Å². The van der Waals surface area contributed by atoms with Crippen LogP contribution in [0, 0.1) is 35.7 Å². The minimum Gasteiger partial charge on any atom is -0.512 e. The largest absolute Gasteiger partial charge is 0.512 e. The Labute approximate surface area is 317 Å². The van der Waals surface area contributed by atoms with E-state index in [1.165, 1.54) is 22.1 Å². The molecule has 0 saturated carbocycles. The van der Waals surface area contributed by atoms with E-state index in [0.29, 0.717) is 12.8 Å². The van der Waals surface area contributed by atoms with Gasteiger partial charge in [-0.3, -0.25) is 9.78 Å². The van der Waals surface area contributed by atoms with Crippen LogP contribution in [0.1, 0.15) is 106 Å². The van der Waals surface area contributed by atoms with Crippen LogP contribution in [0.5, 0.6) is 11.5 Å². The molecule has 1 atom stereocenters. The second-order valence-corrected chi connectivity index (χ2v) is 16.1. The Kier molecular flexibility index (Phi) is 13.2. The predicted molar refractivity (Wildman–Crippen MR) is 199 cm³/mol. The Hall–Kier alpha value is -3.22. The first-order valence-corrected chi connectivity index (χ1v) is 17.7. The summed E-state index contributed by atoms with van der Waals surface area (Å²) in [6.07, 6.45) is -0.971. The maximum atomic E-state index is 12.3. The molecule has 0 aliphatic carbocycles. The number of allylic oxidation sites excluding steroid dienone is 2. The molecule has 0 bridgehead atoms. The van der Waals surface area contributed by atoms with Crippen molar-refractivity contribution in [3.05, 3.63) is 77.2 Å². The van der Waals surface area contributed by atoms with Crippen molar-refractivity contribution in [2.75, 3.05) is 0 Å². The van der Waals surface area contributed by atoms with Crippen molar-refractivity contribution < 1.29 is 49.3 Å². The maximum Gasteiger partial charge on any atom is 0.389 e. The fourth-order valence-electron chi connectivity index (χ4n) is 6.66. The number of ether oxygens (including phenoxy) is 1. The maximum absolute atomic E-state index is 12.3. The Morgan fingerprint density at radius 1 is 0.961 bits per heavy atom. The smallest absolute Gasteiger partial charge is 0.389 e. The minimum atomic E-state index is -4.33. The molecule has 1 aliphatic rings. The van der Waals surface area contributed by atoms with Crippen LogP contribution >= 0.6 is 0 Å². The van der Waals surface area contributed by atoms with Crippen LogP contribution in [0.4, 0.5) is 13.2 Å². The van der Waals surface area contributed by atoms with Crippen molar-refractivity contribution in [3.8, 4) is 22.8 Å². The number of aliphatic hydroxyl groups excluding tert-OH is 1. The number of alkyl halides is 3. The van der Waals surface area contributed by atoms with E-state index >= 15 is 0 Å². The first-order chi connectivity index (χ1) is 23.6. The van der Waals surface area contributed by atoms with Crippen LogP contribution in [-0.2, 0) is 37.7 Å². The summed E-state index contributed by atoms with van der Waals surface area (Å²) >= 11 is 0. The standard InChI is InChI=1S/C30H32NO.C13H21F3O2.Ir/c1-18-8-9-22-21(12-18)15-23-27-26-20(10-11-31-27)13-19(16-29(2,3)4)14-25(26)32-28(23)24(22)17-30(5,6)7;1-4-9(5-2)11(17)7-12(18)10(6-3)8-13(14,15)16;/h8-14H,16-17H2,1-7H3;7,9-10,18H,4-6,8H2,1-3H3;/q-1;;/b;12-7-;/i11D;;. The Bertz CT molecular complexity index is 1940. The molecule has 4 nitrogen and oxygen atoms in total. The molecule has 51 heavy (non-hydrogen) atoms. The molecule has 0 fully saturated rings. The van der Waals surface area contributed by atoms with Crippen molar-refractivity contribution in [2.24, 2.45) is 22.7 Å². The summed E-state index contributed by atoms with van der Waals surface area (Å²) in [4.78, 5) is 16.4. The van der Waals surface area contributed by atoms with Gasteiger partial charge in [-0.2, -0.15) is 13.2 Å². The van der Waals surface area contributed by atoms with Gasteiger partial charge in [0.2, 0.25) is 0 Å². The summed E-state index contributed by atoms with van der Waals surface area (Å²) in [5.41, 5.74) is 5.57. The van der Waals surface area contributed by atoms with E-state index in [-0.39, 0.29) is 55.2 Å². The minimum absolute atomic E-state index is 0. The van der Waals surface area contributed by atoms with Gasteiger partial charge in [-0.05, 0) is 72.9 Å². The normalized spacial score (nSPS) is 13.9. The van der Waals surface area contributed by atoms with E-state index in [2.05, 4.69) is 84.9 Å². The molecule has 0 saturated heterocycles. The number of rotatable bonds is 9. The van der Waals surface area contributed by atoms with Crippen LogP contribution < -0.4 is 4.74 Å². The molecule has 4 aromatic rings. The molecular weight excluding hydrogens is 828 g/mol. The molecule has 1 unspecified atom stereocenters. The average Bonchev–Trinajstić information content (AvgIpc) is 2.98. The number of benzene rings is 3. The van der Waals surface area contributed by atoms with Crippen molar-refractivity contribution >= 4 is 27.3 Å².